The molecule has 1 amide bonds. The Bertz CT molecular complexity index is 773. The lowest BCUT2D eigenvalue weighted by molar-refractivity contribution is -0.126. The van der Waals surface area contributed by atoms with E-state index in [0.717, 1.165) is 35.2 Å². The zero-order valence-corrected chi connectivity index (χ0v) is 15.6. The van der Waals surface area contributed by atoms with E-state index in [1.54, 1.807) is 6.20 Å². The molecule has 1 aromatic heterocycles. The molecule has 2 heterocycles. The average Bonchev–Trinajstić information content (AvgIpc) is 2.65. The van der Waals surface area contributed by atoms with Crippen molar-refractivity contribution in [2.45, 2.75) is 31.6 Å². The summed E-state index contributed by atoms with van der Waals surface area (Å²) in [5.41, 5.74) is 0.773. The Kier molecular flexibility index (Phi) is 5.81. The summed E-state index contributed by atoms with van der Waals surface area (Å²) >= 11 is 0. The highest BCUT2D eigenvalue weighted by Gasteiger charge is 2.29. The van der Waals surface area contributed by atoms with Gasteiger partial charge in [-0.2, -0.15) is 0 Å². The van der Waals surface area contributed by atoms with Crippen LogP contribution < -0.4 is 5.32 Å². The van der Waals surface area contributed by atoms with E-state index in [9.17, 15) is 9.00 Å². The number of nitrogens with one attached hydrogen (secondary N) is 1. The largest absolute Gasteiger partial charge is 0.356 e. The fourth-order valence-corrected chi connectivity index (χ4v) is 4.53. The van der Waals surface area contributed by atoms with Gasteiger partial charge in [-0.15, -0.1) is 0 Å². The Balaban J connectivity index is 1.74. The van der Waals surface area contributed by atoms with Gasteiger partial charge >= 0.3 is 0 Å². The molecule has 1 N–H and O–H groups in total. The zero-order valence-electron chi connectivity index (χ0n) is 14.8. The van der Waals surface area contributed by atoms with Crippen molar-refractivity contribution in [3.05, 3.63) is 36.5 Å². The molecule has 0 saturated carbocycles. The number of pyridine rings is 1. The van der Waals surface area contributed by atoms with Gasteiger partial charge < -0.3 is 5.32 Å². The standard InChI is InChI=1S/C19H25N3O2S/c1-14(2)12-21-19(23)16-8-5-11-22(13-16)25(24)17-9-3-6-15-7-4-10-20-18(15)17/h3-4,6-7,9-10,14,16H,5,8,11-13H2,1-2H3,(H,21,23). The fourth-order valence-electron chi connectivity index (χ4n) is 3.11. The van der Waals surface area contributed by atoms with Crippen LogP contribution in [-0.2, 0) is 15.8 Å². The molecular weight excluding hydrogens is 334 g/mol. The molecule has 25 heavy (non-hydrogen) atoms. The predicted molar refractivity (Wildman–Crippen MR) is 100 cm³/mol. The minimum Gasteiger partial charge on any atom is -0.356 e. The van der Waals surface area contributed by atoms with E-state index in [1.165, 1.54) is 0 Å². The Morgan fingerprint density at radius 1 is 1.36 bits per heavy atom. The number of carbonyl (C=O) groups is 1. The van der Waals surface area contributed by atoms with Crippen LogP contribution in [0.5, 0.6) is 0 Å². The van der Waals surface area contributed by atoms with Crippen LogP contribution in [0.3, 0.4) is 0 Å². The number of carbonyl (C=O) groups excluding carboxylic acids is 1. The minimum absolute atomic E-state index is 0.0754. The second kappa shape index (κ2) is 8.06. The van der Waals surface area contributed by atoms with E-state index in [4.69, 9.17) is 0 Å². The van der Waals surface area contributed by atoms with Gasteiger partial charge in [-0.25, -0.2) is 8.51 Å². The van der Waals surface area contributed by atoms with Crippen molar-refractivity contribution >= 4 is 27.8 Å². The molecule has 3 rings (SSSR count). The molecule has 0 bridgehead atoms. The predicted octanol–water partition coefficient (Wildman–Crippen LogP) is 2.74. The van der Waals surface area contributed by atoms with Crippen molar-refractivity contribution < 1.29 is 9.00 Å². The molecule has 0 aliphatic carbocycles. The van der Waals surface area contributed by atoms with Gasteiger partial charge in [-0.05, 0) is 30.9 Å². The van der Waals surface area contributed by atoms with Crippen molar-refractivity contribution in [1.82, 2.24) is 14.6 Å². The summed E-state index contributed by atoms with van der Waals surface area (Å²) in [4.78, 5) is 17.5. The van der Waals surface area contributed by atoms with Crippen LogP contribution in [0.25, 0.3) is 10.9 Å². The highest BCUT2D eigenvalue weighted by atomic mass is 32.2. The van der Waals surface area contributed by atoms with Gasteiger partial charge in [0.15, 0.2) is 0 Å². The summed E-state index contributed by atoms with van der Waals surface area (Å²) in [6.07, 6.45) is 3.45. The number of aromatic nitrogens is 1. The van der Waals surface area contributed by atoms with Gasteiger partial charge in [-0.3, -0.25) is 9.78 Å². The molecule has 2 atom stereocenters. The third-order valence-corrected chi connectivity index (χ3v) is 5.96. The van der Waals surface area contributed by atoms with Gasteiger partial charge in [-0.1, -0.05) is 32.0 Å². The maximum absolute atomic E-state index is 13.1. The SMILES string of the molecule is CC(C)CNC(=O)C1CCCN(S(=O)c2cccc3cccnc23)C1. The topological polar surface area (TPSA) is 62.3 Å². The number of fused-ring (bicyclic) bond motifs is 1. The molecule has 1 aliphatic rings. The van der Waals surface area contributed by atoms with Crippen LogP contribution >= 0.6 is 0 Å². The molecule has 0 radical (unpaired) electrons. The molecule has 0 spiro atoms. The minimum atomic E-state index is -1.30. The zero-order chi connectivity index (χ0) is 17.8. The molecule has 2 aromatic rings. The summed E-state index contributed by atoms with van der Waals surface area (Å²) in [5, 5.41) is 3.99. The lowest BCUT2D eigenvalue weighted by Crippen LogP contribution is -2.44. The maximum Gasteiger partial charge on any atom is 0.224 e. The van der Waals surface area contributed by atoms with Crippen molar-refractivity contribution in [1.29, 1.82) is 0 Å². The van der Waals surface area contributed by atoms with Crippen molar-refractivity contribution in [3.8, 4) is 0 Å². The average molecular weight is 359 g/mol. The maximum atomic E-state index is 13.1. The fraction of sp³-hybridized carbons (Fsp3) is 0.474. The number of piperidine rings is 1. The van der Waals surface area contributed by atoms with Gasteiger partial charge in [0, 0.05) is 31.2 Å². The van der Waals surface area contributed by atoms with Gasteiger partial charge in [0.1, 0.15) is 11.0 Å². The van der Waals surface area contributed by atoms with E-state index in [1.807, 2.05) is 34.6 Å². The molecule has 1 aliphatic heterocycles. The van der Waals surface area contributed by atoms with Crippen LogP contribution in [0.1, 0.15) is 26.7 Å². The summed E-state index contributed by atoms with van der Waals surface area (Å²) in [6.45, 7) is 6.11. The second-order valence-electron chi connectivity index (χ2n) is 6.95. The molecule has 5 nitrogen and oxygen atoms in total. The Labute approximate surface area is 151 Å². The Morgan fingerprint density at radius 2 is 2.16 bits per heavy atom. The summed E-state index contributed by atoms with van der Waals surface area (Å²) in [7, 11) is -1.30. The van der Waals surface area contributed by atoms with Crippen LogP contribution in [0, 0.1) is 11.8 Å². The van der Waals surface area contributed by atoms with Crippen LogP contribution in [0.15, 0.2) is 41.4 Å². The lowest BCUT2D eigenvalue weighted by Gasteiger charge is -2.31. The number of benzene rings is 1. The van der Waals surface area contributed by atoms with Crippen LogP contribution in [-0.4, -0.2) is 39.0 Å². The van der Waals surface area contributed by atoms with Crippen LogP contribution in [0.4, 0.5) is 0 Å². The smallest absolute Gasteiger partial charge is 0.224 e. The van der Waals surface area contributed by atoms with Gasteiger partial charge in [0.05, 0.1) is 16.3 Å². The van der Waals surface area contributed by atoms with Crippen molar-refractivity contribution in [2.75, 3.05) is 19.6 Å². The number of nitrogens with zero attached hydrogens (tertiary/aromatic N) is 2. The van der Waals surface area contributed by atoms with E-state index >= 15 is 0 Å². The first kappa shape index (κ1) is 18.0. The highest BCUT2D eigenvalue weighted by molar-refractivity contribution is 7.83. The van der Waals surface area contributed by atoms with E-state index in [-0.39, 0.29) is 11.8 Å². The number of amides is 1. The normalized spacial score (nSPS) is 19.9. The summed E-state index contributed by atoms with van der Waals surface area (Å²) < 4.78 is 15.0. The monoisotopic (exact) mass is 359 g/mol. The van der Waals surface area contributed by atoms with Gasteiger partial charge in [0.25, 0.3) is 0 Å². The number of hydrogen-bond acceptors (Lipinski definition) is 3. The van der Waals surface area contributed by atoms with Crippen LogP contribution in [0.2, 0.25) is 0 Å². The van der Waals surface area contributed by atoms with Gasteiger partial charge in [0.2, 0.25) is 5.91 Å². The molecule has 6 heteroatoms. The number of para-hydroxylation sites is 1. The second-order valence-corrected chi connectivity index (χ2v) is 8.40. The summed E-state index contributed by atoms with van der Waals surface area (Å²) in [5.74, 6) is 0.408. The quantitative estimate of drug-likeness (QED) is 0.893. The van der Waals surface area contributed by atoms with E-state index in [2.05, 4.69) is 24.1 Å². The molecule has 1 saturated heterocycles. The Hall–Kier alpha value is -1.79. The first-order valence-electron chi connectivity index (χ1n) is 8.84. The first-order valence-corrected chi connectivity index (χ1v) is 9.95. The molecule has 1 aromatic carbocycles. The van der Waals surface area contributed by atoms with Crippen molar-refractivity contribution in [3.63, 3.8) is 0 Å². The highest BCUT2D eigenvalue weighted by Crippen LogP contribution is 2.25. The van der Waals surface area contributed by atoms with E-state index < -0.39 is 11.0 Å². The molecular formula is C19H25N3O2S. The first-order chi connectivity index (χ1) is 12.1. The summed E-state index contributed by atoms with van der Waals surface area (Å²) in [6, 6.07) is 9.61. The molecule has 1 fully saturated rings. The van der Waals surface area contributed by atoms with E-state index in [0.29, 0.717) is 19.0 Å². The Morgan fingerprint density at radius 3 is 2.96 bits per heavy atom. The van der Waals surface area contributed by atoms with Crippen molar-refractivity contribution in [2.24, 2.45) is 11.8 Å². The number of hydrogen-bond donors (Lipinski definition) is 1. The third kappa shape index (κ3) is 4.25. The molecule has 2 unspecified atom stereocenters. The third-order valence-electron chi connectivity index (χ3n) is 4.46. The molecule has 134 valence electrons. The number of rotatable bonds is 5. The lowest BCUT2D eigenvalue weighted by atomic mass is 9.98.